The summed E-state index contributed by atoms with van der Waals surface area (Å²) in [5.41, 5.74) is 0.698. The minimum Gasteiger partial charge on any atom is -0.322 e. The second-order valence-electron chi connectivity index (χ2n) is 3.81. The molecular weight excluding hydrogens is 263 g/mol. The van der Waals surface area contributed by atoms with Gasteiger partial charge in [-0.15, -0.1) is 12.6 Å². The summed E-state index contributed by atoms with van der Waals surface area (Å²) >= 11 is 4.15. The van der Waals surface area contributed by atoms with Crippen molar-refractivity contribution in [3.05, 3.63) is 59.4 Å². The van der Waals surface area contributed by atoms with Crippen LogP contribution < -0.4 is 5.32 Å². The molecule has 0 spiro atoms. The molecule has 19 heavy (non-hydrogen) atoms. The molecule has 0 atom stereocenters. The average molecular weight is 272 g/mol. The van der Waals surface area contributed by atoms with Gasteiger partial charge in [0.25, 0.3) is 5.91 Å². The van der Waals surface area contributed by atoms with Gasteiger partial charge in [0, 0.05) is 16.1 Å². The first-order valence-corrected chi connectivity index (χ1v) is 5.85. The Labute approximate surface area is 115 Å². The van der Waals surface area contributed by atoms with E-state index in [2.05, 4.69) is 17.9 Å². The van der Waals surface area contributed by atoms with E-state index in [1.807, 2.05) is 0 Å². The maximum atomic E-state index is 13.1. The van der Waals surface area contributed by atoms with Crippen molar-refractivity contribution < 1.29 is 9.18 Å². The SMILES string of the molecule is N#Cc1cc(NC(=O)c2cccc(S)c2)ccc1F. The molecule has 0 radical (unpaired) electrons. The quantitative estimate of drug-likeness (QED) is 0.825. The third-order valence-corrected chi connectivity index (χ3v) is 2.73. The van der Waals surface area contributed by atoms with Crippen LogP contribution in [0.2, 0.25) is 0 Å². The van der Waals surface area contributed by atoms with Crippen LogP contribution in [0.5, 0.6) is 0 Å². The number of thiol groups is 1. The molecule has 0 saturated heterocycles. The normalized spacial score (nSPS) is 9.74. The van der Waals surface area contributed by atoms with Gasteiger partial charge in [-0.3, -0.25) is 4.79 Å². The number of nitrogens with one attached hydrogen (secondary N) is 1. The minimum atomic E-state index is -0.613. The van der Waals surface area contributed by atoms with Gasteiger partial charge in [-0.05, 0) is 36.4 Å². The van der Waals surface area contributed by atoms with Gasteiger partial charge in [0.1, 0.15) is 11.9 Å². The van der Waals surface area contributed by atoms with Crippen LogP contribution in [-0.2, 0) is 0 Å². The van der Waals surface area contributed by atoms with E-state index in [-0.39, 0.29) is 11.5 Å². The lowest BCUT2D eigenvalue weighted by molar-refractivity contribution is 0.102. The van der Waals surface area contributed by atoms with Crippen molar-refractivity contribution in [1.82, 2.24) is 0 Å². The Morgan fingerprint density at radius 2 is 2.05 bits per heavy atom. The lowest BCUT2D eigenvalue weighted by Crippen LogP contribution is -2.12. The number of nitriles is 1. The van der Waals surface area contributed by atoms with Gasteiger partial charge in [0.05, 0.1) is 5.56 Å². The first kappa shape index (κ1) is 13.1. The molecule has 0 aliphatic carbocycles. The zero-order chi connectivity index (χ0) is 13.8. The Bertz CT molecular complexity index is 679. The Hall–Kier alpha value is -2.32. The van der Waals surface area contributed by atoms with Gasteiger partial charge in [-0.1, -0.05) is 6.07 Å². The maximum Gasteiger partial charge on any atom is 0.255 e. The van der Waals surface area contributed by atoms with Crippen molar-refractivity contribution in [2.45, 2.75) is 4.90 Å². The highest BCUT2D eigenvalue weighted by Gasteiger charge is 2.08. The number of halogens is 1. The van der Waals surface area contributed by atoms with E-state index in [0.717, 1.165) is 6.07 Å². The molecule has 5 heteroatoms. The molecule has 1 amide bonds. The second-order valence-corrected chi connectivity index (χ2v) is 4.33. The molecule has 0 unspecified atom stereocenters. The number of carbonyl (C=O) groups is 1. The molecule has 0 aromatic heterocycles. The van der Waals surface area contributed by atoms with Gasteiger partial charge in [0.15, 0.2) is 0 Å². The summed E-state index contributed by atoms with van der Waals surface area (Å²) < 4.78 is 13.1. The summed E-state index contributed by atoms with van der Waals surface area (Å²) in [6.07, 6.45) is 0. The highest BCUT2D eigenvalue weighted by molar-refractivity contribution is 7.80. The van der Waals surface area contributed by atoms with Crippen LogP contribution in [0.3, 0.4) is 0 Å². The van der Waals surface area contributed by atoms with Crippen molar-refractivity contribution >= 4 is 24.2 Å². The molecule has 0 aliphatic rings. The lowest BCUT2D eigenvalue weighted by atomic mass is 10.2. The van der Waals surface area contributed by atoms with Crippen molar-refractivity contribution in [3.8, 4) is 6.07 Å². The number of amides is 1. The molecule has 2 rings (SSSR count). The fourth-order valence-corrected chi connectivity index (χ4v) is 1.76. The zero-order valence-corrected chi connectivity index (χ0v) is 10.6. The van der Waals surface area contributed by atoms with E-state index in [0.29, 0.717) is 16.1 Å². The standard InChI is InChI=1S/C14H9FN2OS/c15-13-5-4-11(6-10(13)8-16)17-14(18)9-2-1-3-12(19)7-9/h1-7,19H,(H,17,18). The average Bonchev–Trinajstić information content (AvgIpc) is 2.41. The third kappa shape index (κ3) is 3.12. The van der Waals surface area contributed by atoms with Crippen LogP contribution in [0.4, 0.5) is 10.1 Å². The van der Waals surface area contributed by atoms with Crippen molar-refractivity contribution in [2.75, 3.05) is 5.32 Å². The number of rotatable bonds is 2. The van der Waals surface area contributed by atoms with Crippen molar-refractivity contribution in [3.63, 3.8) is 0 Å². The van der Waals surface area contributed by atoms with E-state index in [1.165, 1.54) is 12.1 Å². The van der Waals surface area contributed by atoms with Gasteiger partial charge < -0.3 is 5.32 Å². The Morgan fingerprint density at radius 1 is 1.26 bits per heavy atom. The van der Waals surface area contributed by atoms with Gasteiger partial charge in [0.2, 0.25) is 0 Å². The summed E-state index contributed by atoms with van der Waals surface area (Å²) in [5.74, 6) is -0.954. The first-order chi connectivity index (χ1) is 9.10. The van der Waals surface area contributed by atoms with Crippen LogP contribution in [0.1, 0.15) is 15.9 Å². The third-order valence-electron chi connectivity index (χ3n) is 2.45. The summed E-state index contributed by atoms with van der Waals surface area (Å²) in [4.78, 5) is 12.6. The molecule has 0 aliphatic heterocycles. The minimum absolute atomic E-state index is 0.110. The molecule has 0 saturated carbocycles. The van der Waals surface area contributed by atoms with E-state index < -0.39 is 5.82 Å². The molecule has 1 N–H and O–H groups in total. The first-order valence-electron chi connectivity index (χ1n) is 5.40. The number of carbonyl (C=O) groups excluding carboxylic acids is 1. The fourth-order valence-electron chi connectivity index (χ4n) is 1.54. The Kier molecular flexibility index (Phi) is 3.83. The second kappa shape index (κ2) is 5.55. The maximum absolute atomic E-state index is 13.1. The summed E-state index contributed by atoms with van der Waals surface area (Å²) in [6.45, 7) is 0. The molecule has 2 aromatic rings. The van der Waals surface area contributed by atoms with E-state index >= 15 is 0 Å². The molecule has 2 aromatic carbocycles. The topological polar surface area (TPSA) is 52.9 Å². The monoisotopic (exact) mass is 272 g/mol. The van der Waals surface area contributed by atoms with Crippen LogP contribution in [0, 0.1) is 17.1 Å². The zero-order valence-electron chi connectivity index (χ0n) is 9.72. The van der Waals surface area contributed by atoms with Crippen LogP contribution in [0.25, 0.3) is 0 Å². The van der Waals surface area contributed by atoms with Gasteiger partial charge in [-0.25, -0.2) is 4.39 Å². The Balaban J connectivity index is 2.22. The number of nitrogens with zero attached hydrogens (tertiary/aromatic N) is 1. The number of anilines is 1. The molecule has 3 nitrogen and oxygen atoms in total. The van der Waals surface area contributed by atoms with Gasteiger partial charge in [-0.2, -0.15) is 5.26 Å². The summed E-state index contributed by atoms with van der Waals surface area (Å²) in [5, 5.41) is 11.3. The van der Waals surface area contributed by atoms with Gasteiger partial charge >= 0.3 is 0 Å². The number of benzene rings is 2. The highest BCUT2D eigenvalue weighted by atomic mass is 32.1. The predicted octanol–water partition coefficient (Wildman–Crippen LogP) is 3.24. The van der Waals surface area contributed by atoms with Crippen molar-refractivity contribution in [2.24, 2.45) is 0 Å². The van der Waals surface area contributed by atoms with Crippen LogP contribution in [0.15, 0.2) is 47.4 Å². The predicted molar refractivity (Wildman–Crippen MR) is 72.8 cm³/mol. The Morgan fingerprint density at radius 3 is 2.74 bits per heavy atom. The molecule has 0 heterocycles. The van der Waals surface area contributed by atoms with Crippen LogP contribution in [-0.4, -0.2) is 5.91 Å². The smallest absolute Gasteiger partial charge is 0.255 e. The van der Waals surface area contributed by atoms with E-state index in [4.69, 9.17) is 5.26 Å². The van der Waals surface area contributed by atoms with E-state index in [9.17, 15) is 9.18 Å². The summed E-state index contributed by atoms with van der Waals surface area (Å²) in [6, 6.07) is 12.3. The van der Waals surface area contributed by atoms with E-state index in [1.54, 1.807) is 30.3 Å². The number of hydrogen-bond donors (Lipinski definition) is 2. The molecule has 0 fully saturated rings. The molecular formula is C14H9FN2OS. The summed E-state index contributed by atoms with van der Waals surface area (Å²) in [7, 11) is 0. The van der Waals surface area contributed by atoms with Crippen molar-refractivity contribution in [1.29, 1.82) is 5.26 Å². The number of hydrogen-bond acceptors (Lipinski definition) is 3. The molecule has 0 bridgehead atoms. The largest absolute Gasteiger partial charge is 0.322 e. The fraction of sp³-hybridized carbons (Fsp3) is 0. The molecule has 94 valence electrons. The highest BCUT2D eigenvalue weighted by Crippen LogP contribution is 2.16. The lowest BCUT2D eigenvalue weighted by Gasteiger charge is -2.06. The van der Waals surface area contributed by atoms with Crippen LogP contribution >= 0.6 is 12.6 Å².